The average Bonchev–Trinajstić information content (AvgIpc) is 2.17. The van der Waals surface area contributed by atoms with E-state index >= 15 is 0 Å². The van der Waals surface area contributed by atoms with Crippen LogP contribution in [-0.4, -0.2) is 30.3 Å². The lowest BCUT2D eigenvalue weighted by Gasteiger charge is -2.27. The molecule has 1 aliphatic heterocycles. The van der Waals surface area contributed by atoms with Crippen LogP contribution in [0.2, 0.25) is 0 Å². The summed E-state index contributed by atoms with van der Waals surface area (Å²) in [6.45, 7) is 6.34. The van der Waals surface area contributed by atoms with E-state index in [1.54, 1.807) is 0 Å². The van der Waals surface area contributed by atoms with E-state index in [1.807, 2.05) is 0 Å². The van der Waals surface area contributed by atoms with Crippen molar-refractivity contribution in [3.8, 4) is 0 Å². The highest BCUT2D eigenvalue weighted by molar-refractivity contribution is 7.80. The lowest BCUT2D eigenvalue weighted by Crippen LogP contribution is -2.31. The van der Waals surface area contributed by atoms with Crippen LogP contribution in [0.1, 0.15) is 39.0 Å². The molecule has 1 fully saturated rings. The Kier molecular flexibility index (Phi) is 5.88. The molecule has 0 bridgehead atoms. The lowest BCUT2D eigenvalue weighted by atomic mass is 10.0. The highest BCUT2D eigenvalue weighted by Crippen LogP contribution is 2.13. The van der Waals surface area contributed by atoms with Crippen LogP contribution >= 0.6 is 12.6 Å². The molecule has 1 saturated heterocycles. The average molecular weight is 201 g/mol. The second-order valence-electron chi connectivity index (χ2n) is 4.31. The number of hydrogen-bond donors (Lipinski definition) is 1. The van der Waals surface area contributed by atoms with E-state index in [-0.39, 0.29) is 0 Å². The van der Waals surface area contributed by atoms with Crippen molar-refractivity contribution >= 4 is 12.6 Å². The molecule has 1 nitrogen and oxygen atoms in total. The van der Waals surface area contributed by atoms with Gasteiger partial charge in [0.15, 0.2) is 0 Å². The molecule has 0 saturated carbocycles. The standard InChI is InChI=1S/C11H23NS/c1-11(6-10-13)5-9-12-7-3-2-4-8-12/h11,13H,2-10H2,1H3. The first-order valence-electron chi connectivity index (χ1n) is 5.66. The SMILES string of the molecule is CC(CCS)CCN1CCCCC1. The molecule has 13 heavy (non-hydrogen) atoms. The summed E-state index contributed by atoms with van der Waals surface area (Å²) in [6, 6.07) is 0. The van der Waals surface area contributed by atoms with Gasteiger partial charge < -0.3 is 4.90 Å². The van der Waals surface area contributed by atoms with Crippen molar-refractivity contribution < 1.29 is 0 Å². The van der Waals surface area contributed by atoms with Crippen LogP contribution in [0, 0.1) is 5.92 Å². The van der Waals surface area contributed by atoms with Crippen LogP contribution < -0.4 is 0 Å². The smallest absolute Gasteiger partial charge is 0.00162 e. The monoisotopic (exact) mass is 201 g/mol. The van der Waals surface area contributed by atoms with Crippen molar-refractivity contribution in [1.82, 2.24) is 4.90 Å². The van der Waals surface area contributed by atoms with Gasteiger partial charge in [-0.3, -0.25) is 0 Å². The highest BCUT2D eigenvalue weighted by Gasteiger charge is 2.10. The molecule has 1 rings (SSSR count). The molecular formula is C11H23NS. The molecule has 0 N–H and O–H groups in total. The molecule has 0 radical (unpaired) electrons. The first-order chi connectivity index (χ1) is 6.33. The molecule has 0 spiro atoms. The Morgan fingerprint density at radius 1 is 1.15 bits per heavy atom. The van der Waals surface area contributed by atoms with Crippen LogP contribution in [-0.2, 0) is 0 Å². The van der Waals surface area contributed by atoms with E-state index in [0.717, 1.165) is 11.7 Å². The van der Waals surface area contributed by atoms with Crippen molar-refractivity contribution in [2.75, 3.05) is 25.4 Å². The second kappa shape index (κ2) is 6.72. The van der Waals surface area contributed by atoms with Gasteiger partial charge in [-0.15, -0.1) is 0 Å². The molecule has 1 aliphatic rings. The van der Waals surface area contributed by atoms with E-state index in [2.05, 4.69) is 24.5 Å². The number of hydrogen-bond acceptors (Lipinski definition) is 2. The van der Waals surface area contributed by atoms with Crippen LogP contribution in [0.4, 0.5) is 0 Å². The fourth-order valence-electron chi connectivity index (χ4n) is 1.95. The molecule has 0 aromatic carbocycles. The van der Waals surface area contributed by atoms with E-state index in [1.165, 1.54) is 51.7 Å². The van der Waals surface area contributed by atoms with E-state index in [4.69, 9.17) is 0 Å². The van der Waals surface area contributed by atoms with E-state index in [0.29, 0.717) is 0 Å². The molecule has 1 atom stereocenters. The first-order valence-corrected chi connectivity index (χ1v) is 6.29. The Morgan fingerprint density at radius 3 is 2.46 bits per heavy atom. The minimum Gasteiger partial charge on any atom is -0.303 e. The Hall–Kier alpha value is 0.310. The molecule has 0 aromatic heterocycles. The van der Waals surface area contributed by atoms with Crippen molar-refractivity contribution in [2.45, 2.75) is 39.0 Å². The van der Waals surface area contributed by atoms with E-state index < -0.39 is 0 Å². The van der Waals surface area contributed by atoms with Gasteiger partial charge in [0.1, 0.15) is 0 Å². The highest BCUT2D eigenvalue weighted by atomic mass is 32.1. The van der Waals surface area contributed by atoms with Gasteiger partial charge in [-0.05, 0) is 57.0 Å². The number of piperidine rings is 1. The van der Waals surface area contributed by atoms with E-state index in [9.17, 15) is 0 Å². The third-order valence-corrected chi connectivity index (χ3v) is 3.27. The third kappa shape index (κ3) is 4.92. The lowest BCUT2D eigenvalue weighted by molar-refractivity contribution is 0.214. The van der Waals surface area contributed by atoms with Gasteiger partial charge in [-0.25, -0.2) is 0 Å². The Balaban J connectivity index is 2.03. The topological polar surface area (TPSA) is 3.24 Å². The Labute approximate surface area is 88.3 Å². The number of nitrogens with zero attached hydrogens (tertiary/aromatic N) is 1. The van der Waals surface area contributed by atoms with Crippen molar-refractivity contribution in [3.63, 3.8) is 0 Å². The predicted molar refractivity (Wildman–Crippen MR) is 62.5 cm³/mol. The van der Waals surface area contributed by atoms with Gasteiger partial charge in [0.05, 0.1) is 0 Å². The van der Waals surface area contributed by atoms with Gasteiger partial charge in [0, 0.05) is 0 Å². The summed E-state index contributed by atoms with van der Waals surface area (Å²) in [5, 5.41) is 0. The quantitative estimate of drug-likeness (QED) is 0.669. The summed E-state index contributed by atoms with van der Waals surface area (Å²) in [6.07, 6.45) is 6.92. The summed E-state index contributed by atoms with van der Waals surface area (Å²) in [5.41, 5.74) is 0. The van der Waals surface area contributed by atoms with Crippen LogP contribution in [0.25, 0.3) is 0 Å². The van der Waals surface area contributed by atoms with Gasteiger partial charge in [0.25, 0.3) is 0 Å². The van der Waals surface area contributed by atoms with Crippen LogP contribution in [0.3, 0.4) is 0 Å². The van der Waals surface area contributed by atoms with Crippen molar-refractivity contribution in [2.24, 2.45) is 5.92 Å². The van der Waals surface area contributed by atoms with Crippen molar-refractivity contribution in [1.29, 1.82) is 0 Å². The second-order valence-corrected chi connectivity index (χ2v) is 4.76. The zero-order valence-electron chi connectivity index (χ0n) is 8.84. The molecule has 2 heteroatoms. The molecule has 1 unspecified atom stereocenters. The summed E-state index contributed by atoms with van der Waals surface area (Å²) in [5.74, 6) is 1.90. The normalized spacial score (nSPS) is 21.7. The van der Waals surface area contributed by atoms with Crippen molar-refractivity contribution in [3.05, 3.63) is 0 Å². The zero-order chi connectivity index (χ0) is 9.52. The summed E-state index contributed by atoms with van der Waals surface area (Å²) in [4.78, 5) is 2.62. The fourth-order valence-corrected chi connectivity index (χ4v) is 2.39. The van der Waals surface area contributed by atoms with Gasteiger partial charge in [-0.2, -0.15) is 12.6 Å². The Bertz CT molecular complexity index is 121. The third-order valence-electron chi connectivity index (χ3n) is 3.01. The molecule has 0 aromatic rings. The maximum absolute atomic E-state index is 4.27. The molecular weight excluding hydrogens is 178 g/mol. The van der Waals surface area contributed by atoms with Crippen LogP contribution in [0.15, 0.2) is 0 Å². The first kappa shape index (κ1) is 11.4. The summed E-state index contributed by atoms with van der Waals surface area (Å²) >= 11 is 4.27. The molecule has 78 valence electrons. The predicted octanol–water partition coefficient (Wildman–Crippen LogP) is 2.82. The summed E-state index contributed by atoms with van der Waals surface area (Å²) < 4.78 is 0. The molecule has 0 aliphatic carbocycles. The minimum atomic E-state index is 0.861. The fraction of sp³-hybridized carbons (Fsp3) is 1.00. The van der Waals surface area contributed by atoms with Gasteiger partial charge >= 0.3 is 0 Å². The number of likely N-dealkylation sites (tertiary alicyclic amines) is 1. The Morgan fingerprint density at radius 2 is 1.85 bits per heavy atom. The minimum absolute atomic E-state index is 0.861. The maximum atomic E-state index is 4.27. The summed E-state index contributed by atoms with van der Waals surface area (Å²) in [7, 11) is 0. The van der Waals surface area contributed by atoms with Gasteiger partial charge in [0.2, 0.25) is 0 Å². The zero-order valence-corrected chi connectivity index (χ0v) is 9.73. The number of rotatable bonds is 5. The molecule has 0 amide bonds. The largest absolute Gasteiger partial charge is 0.303 e. The van der Waals surface area contributed by atoms with Crippen LogP contribution in [0.5, 0.6) is 0 Å². The maximum Gasteiger partial charge on any atom is -0.00162 e. The van der Waals surface area contributed by atoms with Gasteiger partial charge in [-0.1, -0.05) is 13.3 Å². The number of thiol groups is 1. The molecule has 1 heterocycles.